The predicted octanol–water partition coefficient (Wildman–Crippen LogP) is 3.58. The van der Waals surface area contributed by atoms with Crippen molar-refractivity contribution in [3.8, 4) is 17.2 Å². The molecule has 0 aliphatic heterocycles. The zero-order valence-corrected chi connectivity index (χ0v) is 16.6. The number of esters is 1. The van der Waals surface area contributed by atoms with Gasteiger partial charge in [0.1, 0.15) is 23.1 Å². The van der Waals surface area contributed by atoms with Crippen LogP contribution in [0.4, 0.5) is 4.39 Å². The first-order chi connectivity index (χ1) is 15.0. The molecule has 0 heterocycles. The van der Waals surface area contributed by atoms with E-state index in [0.717, 1.165) is 0 Å². The van der Waals surface area contributed by atoms with E-state index < -0.39 is 11.9 Å². The molecule has 31 heavy (non-hydrogen) atoms. The summed E-state index contributed by atoms with van der Waals surface area (Å²) in [4.78, 5) is 23.9. The number of methoxy groups -OCH3 is 1. The molecule has 3 aromatic carbocycles. The molecule has 0 radical (unpaired) electrons. The van der Waals surface area contributed by atoms with Gasteiger partial charge in [-0.15, -0.1) is 0 Å². The Bertz CT molecular complexity index is 1050. The number of nitrogens with zero attached hydrogens (tertiary/aromatic N) is 1. The summed E-state index contributed by atoms with van der Waals surface area (Å²) < 4.78 is 28.4. The highest BCUT2D eigenvalue weighted by atomic mass is 19.1. The molecule has 3 rings (SSSR count). The average Bonchev–Trinajstić information content (AvgIpc) is 2.80. The third-order valence-electron chi connectivity index (χ3n) is 4.00. The van der Waals surface area contributed by atoms with Gasteiger partial charge >= 0.3 is 5.97 Å². The maximum Gasteiger partial charge on any atom is 0.343 e. The Morgan fingerprint density at radius 2 is 1.52 bits per heavy atom. The first-order valence-corrected chi connectivity index (χ1v) is 9.20. The van der Waals surface area contributed by atoms with Gasteiger partial charge in [0, 0.05) is 0 Å². The topological polar surface area (TPSA) is 86.2 Å². The molecule has 0 aromatic heterocycles. The van der Waals surface area contributed by atoms with Crippen LogP contribution in [0.3, 0.4) is 0 Å². The third-order valence-corrected chi connectivity index (χ3v) is 4.00. The fourth-order valence-electron chi connectivity index (χ4n) is 2.41. The van der Waals surface area contributed by atoms with Gasteiger partial charge in [-0.3, -0.25) is 4.79 Å². The molecule has 0 saturated heterocycles. The molecule has 0 aliphatic carbocycles. The molecule has 158 valence electrons. The largest absolute Gasteiger partial charge is 0.497 e. The van der Waals surface area contributed by atoms with Crippen molar-refractivity contribution in [3.05, 3.63) is 89.7 Å². The van der Waals surface area contributed by atoms with E-state index in [-0.39, 0.29) is 12.4 Å². The standard InChI is InChI=1S/C23H19FN2O5/c1-29-19-10-4-17(5-11-19)23(28)31-21-8-2-16(3-9-21)14-25-26-22(27)15-30-20-12-6-18(24)7-13-20/h2-14H,15H2,1H3,(H,26,27)/b25-14-. The second kappa shape index (κ2) is 10.5. The van der Waals surface area contributed by atoms with Crippen molar-refractivity contribution in [1.82, 2.24) is 5.43 Å². The summed E-state index contributed by atoms with van der Waals surface area (Å²) in [5, 5.41) is 3.84. The van der Waals surface area contributed by atoms with Gasteiger partial charge < -0.3 is 14.2 Å². The van der Waals surface area contributed by atoms with Crippen LogP contribution in [0.15, 0.2) is 77.9 Å². The van der Waals surface area contributed by atoms with Crippen LogP contribution in [0.5, 0.6) is 17.2 Å². The molecular formula is C23H19FN2O5. The number of hydrogen-bond donors (Lipinski definition) is 1. The average molecular weight is 422 g/mol. The summed E-state index contributed by atoms with van der Waals surface area (Å²) in [6.45, 7) is -0.261. The minimum atomic E-state index is -0.488. The lowest BCUT2D eigenvalue weighted by Crippen LogP contribution is -2.24. The Kier molecular flexibility index (Phi) is 7.31. The van der Waals surface area contributed by atoms with Crippen molar-refractivity contribution in [3.63, 3.8) is 0 Å². The molecule has 1 N–H and O–H groups in total. The molecule has 1 amide bonds. The second-order valence-corrected chi connectivity index (χ2v) is 6.22. The van der Waals surface area contributed by atoms with Crippen molar-refractivity contribution in [2.75, 3.05) is 13.7 Å². The summed E-state index contributed by atoms with van der Waals surface area (Å²) in [6.07, 6.45) is 1.44. The van der Waals surface area contributed by atoms with Gasteiger partial charge in [0.05, 0.1) is 18.9 Å². The number of rotatable bonds is 8. The molecule has 0 spiro atoms. The van der Waals surface area contributed by atoms with Crippen molar-refractivity contribution in [2.24, 2.45) is 5.10 Å². The second-order valence-electron chi connectivity index (χ2n) is 6.22. The number of hydrogen-bond acceptors (Lipinski definition) is 6. The van der Waals surface area contributed by atoms with Gasteiger partial charge in [-0.25, -0.2) is 14.6 Å². The summed E-state index contributed by atoms with van der Waals surface area (Å²) in [5.74, 6) is 0.0512. The van der Waals surface area contributed by atoms with E-state index in [9.17, 15) is 14.0 Å². The van der Waals surface area contributed by atoms with Crippen LogP contribution in [0.2, 0.25) is 0 Å². The molecule has 7 nitrogen and oxygen atoms in total. The Morgan fingerprint density at radius 1 is 0.903 bits per heavy atom. The molecule has 0 aliphatic rings. The zero-order valence-electron chi connectivity index (χ0n) is 16.6. The Balaban J connectivity index is 1.45. The van der Waals surface area contributed by atoms with Gasteiger partial charge in [0.25, 0.3) is 5.91 Å². The van der Waals surface area contributed by atoms with Gasteiger partial charge in [-0.05, 0) is 78.4 Å². The molecule has 0 saturated carbocycles. The molecule has 0 bridgehead atoms. The van der Waals surface area contributed by atoms with E-state index in [0.29, 0.717) is 28.4 Å². The molecular weight excluding hydrogens is 403 g/mol. The number of nitrogens with one attached hydrogen (secondary N) is 1. The Morgan fingerprint density at radius 3 is 2.16 bits per heavy atom. The quantitative estimate of drug-likeness (QED) is 0.260. The van der Waals surface area contributed by atoms with Crippen LogP contribution < -0.4 is 19.6 Å². The molecule has 3 aromatic rings. The number of hydrazone groups is 1. The van der Waals surface area contributed by atoms with Crippen molar-refractivity contribution in [1.29, 1.82) is 0 Å². The van der Waals surface area contributed by atoms with Gasteiger partial charge in [0.15, 0.2) is 6.61 Å². The van der Waals surface area contributed by atoms with E-state index in [1.807, 2.05) is 0 Å². The van der Waals surface area contributed by atoms with E-state index in [1.54, 1.807) is 55.6 Å². The first-order valence-electron chi connectivity index (χ1n) is 9.20. The summed E-state index contributed by atoms with van der Waals surface area (Å²) in [6, 6.07) is 18.5. The maximum absolute atomic E-state index is 12.8. The first kappa shape index (κ1) is 21.5. The van der Waals surface area contributed by atoms with Gasteiger partial charge in [0.2, 0.25) is 0 Å². The zero-order chi connectivity index (χ0) is 22.1. The lowest BCUT2D eigenvalue weighted by atomic mass is 10.2. The third kappa shape index (κ3) is 6.67. The number of ether oxygens (including phenoxy) is 3. The number of benzene rings is 3. The van der Waals surface area contributed by atoms with Crippen LogP contribution >= 0.6 is 0 Å². The summed E-state index contributed by atoms with van der Waals surface area (Å²) in [5.41, 5.74) is 3.41. The summed E-state index contributed by atoms with van der Waals surface area (Å²) in [7, 11) is 1.55. The lowest BCUT2D eigenvalue weighted by Gasteiger charge is -2.06. The van der Waals surface area contributed by atoms with Crippen molar-refractivity contribution >= 4 is 18.1 Å². The van der Waals surface area contributed by atoms with Gasteiger partial charge in [-0.2, -0.15) is 5.10 Å². The molecule has 0 atom stereocenters. The Labute approximate surface area is 178 Å². The van der Waals surface area contributed by atoms with Crippen LogP contribution in [0.1, 0.15) is 15.9 Å². The van der Waals surface area contributed by atoms with Gasteiger partial charge in [-0.1, -0.05) is 0 Å². The predicted molar refractivity (Wildman–Crippen MR) is 112 cm³/mol. The highest BCUT2D eigenvalue weighted by molar-refractivity contribution is 5.91. The van der Waals surface area contributed by atoms with E-state index in [1.165, 1.54) is 30.5 Å². The monoisotopic (exact) mass is 422 g/mol. The summed E-state index contributed by atoms with van der Waals surface area (Å²) >= 11 is 0. The lowest BCUT2D eigenvalue weighted by molar-refractivity contribution is -0.123. The molecule has 8 heteroatoms. The molecule has 0 fully saturated rings. The van der Waals surface area contributed by atoms with E-state index in [2.05, 4.69) is 10.5 Å². The minimum absolute atomic E-state index is 0.261. The SMILES string of the molecule is COc1ccc(C(=O)Oc2ccc(/C=N\NC(=O)COc3ccc(F)cc3)cc2)cc1. The maximum atomic E-state index is 12.8. The Hall–Kier alpha value is -4.20. The fourth-order valence-corrected chi connectivity index (χ4v) is 2.41. The number of halogens is 1. The molecule has 0 unspecified atom stereocenters. The van der Waals surface area contributed by atoms with E-state index in [4.69, 9.17) is 14.2 Å². The van der Waals surface area contributed by atoms with Crippen LogP contribution in [-0.4, -0.2) is 31.8 Å². The number of amides is 1. The minimum Gasteiger partial charge on any atom is -0.497 e. The number of carbonyl (C=O) groups is 2. The smallest absolute Gasteiger partial charge is 0.343 e. The van der Waals surface area contributed by atoms with Crippen molar-refractivity contribution in [2.45, 2.75) is 0 Å². The van der Waals surface area contributed by atoms with Crippen molar-refractivity contribution < 1.29 is 28.2 Å². The number of carbonyl (C=O) groups excluding carboxylic acids is 2. The van der Waals surface area contributed by atoms with Crippen LogP contribution in [-0.2, 0) is 4.79 Å². The normalized spacial score (nSPS) is 10.5. The van der Waals surface area contributed by atoms with Crippen LogP contribution in [0.25, 0.3) is 0 Å². The van der Waals surface area contributed by atoms with Crippen LogP contribution in [0, 0.1) is 5.82 Å². The highest BCUT2D eigenvalue weighted by Crippen LogP contribution is 2.16. The van der Waals surface area contributed by atoms with E-state index >= 15 is 0 Å². The fraction of sp³-hybridized carbons (Fsp3) is 0.0870. The highest BCUT2D eigenvalue weighted by Gasteiger charge is 2.08.